The van der Waals surface area contributed by atoms with Gasteiger partial charge in [0.1, 0.15) is 5.60 Å². The summed E-state index contributed by atoms with van der Waals surface area (Å²) in [7, 11) is 2.24. The molecule has 4 fully saturated rings. The monoisotopic (exact) mass is 252 g/mol. The quantitative estimate of drug-likeness (QED) is 0.663. The van der Waals surface area contributed by atoms with Crippen LogP contribution in [-0.2, 0) is 4.74 Å². The van der Waals surface area contributed by atoms with Crippen LogP contribution in [0.4, 0.5) is 4.79 Å². The van der Waals surface area contributed by atoms with E-state index >= 15 is 0 Å². The van der Waals surface area contributed by atoms with Crippen LogP contribution in [0.15, 0.2) is 0 Å². The summed E-state index contributed by atoms with van der Waals surface area (Å²) in [4.78, 5) is 16.9. The first-order chi connectivity index (χ1) is 8.35. The average molecular weight is 252 g/mol. The third-order valence-electron chi connectivity index (χ3n) is 4.72. The van der Waals surface area contributed by atoms with E-state index in [9.17, 15) is 4.79 Å². The fourth-order valence-electron chi connectivity index (χ4n) is 3.97. The highest BCUT2D eigenvalue weighted by molar-refractivity contribution is 5.69. The number of piperidine rings is 4. The minimum atomic E-state index is -0.386. The van der Waals surface area contributed by atoms with Gasteiger partial charge in [-0.25, -0.2) is 4.79 Å². The number of ether oxygens (including phenoxy) is 1. The molecule has 4 aliphatic rings. The number of amides is 1. The Hall–Kier alpha value is -0.770. The Kier molecular flexibility index (Phi) is 2.63. The average Bonchev–Trinajstić information content (AvgIpc) is 2.20. The second-order valence-corrected chi connectivity index (χ2v) is 7.11. The maximum atomic E-state index is 12.3. The topological polar surface area (TPSA) is 32.8 Å². The molecule has 102 valence electrons. The fraction of sp³-hybridized carbons (Fsp3) is 0.929. The molecule has 18 heavy (non-hydrogen) atoms. The van der Waals surface area contributed by atoms with Gasteiger partial charge in [0.05, 0.1) is 0 Å². The van der Waals surface area contributed by atoms with E-state index in [1.807, 2.05) is 25.7 Å². The summed E-state index contributed by atoms with van der Waals surface area (Å²) >= 11 is 0. The molecule has 4 saturated heterocycles. The van der Waals surface area contributed by atoms with Crippen molar-refractivity contribution >= 4 is 6.09 Å². The van der Waals surface area contributed by atoms with E-state index in [0.29, 0.717) is 24.2 Å². The van der Waals surface area contributed by atoms with Gasteiger partial charge in [-0.1, -0.05) is 0 Å². The number of rotatable bonds is 0. The molecule has 0 radical (unpaired) electrons. The Bertz CT molecular complexity index is 331. The summed E-state index contributed by atoms with van der Waals surface area (Å²) in [5, 5.41) is 0. The summed E-state index contributed by atoms with van der Waals surface area (Å²) in [6.45, 7) is 5.82. The van der Waals surface area contributed by atoms with Gasteiger partial charge in [0.25, 0.3) is 0 Å². The molecule has 4 heteroatoms. The van der Waals surface area contributed by atoms with E-state index < -0.39 is 0 Å². The third kappa shape index (κ3) is 1.91. The summed E-state index contributed by atoms with van der Waals surface area (Å²) in [6.07, 6.45) is 4.41. The van der Waals surface area contributed by atoms with E-state index in [1.54, 1.807) is 0 Å². The van der Waals surface area contributed by atoms with Crippen LogP contribution in [0, 0.1) is 0 Å². The zero-order chi connectivity index (χ0) is 13.1. The molecule has 4 heterocycles. The van der Waals surface area contributed by atoms with Crippen LogP contribution in [0.2, 0.25) is 0 Å². The molecule has 0 N–H and O–H groups in total. The highest BCUT2D eigenvalue weighted by Gasteiger charge is 2.51. The zero-order valence-corrected chi connectivity index (χ0v) is 11.8. The van der Waals surface area contributed by atoms with Crippen LogP contribution in [0.3, 0.4) is 0 Å². The second kappa shape index (κ2) is 3.86. The zero-order valence-electron chi connectivity index (χ0n) is 11.8. The lowest BCUT2D eigenvalue weighted by Gasteiger charge is -2.59. The van der Waals surface area contributed by atoms with E-state index in [2.05, 4.69) is 11.9 Å². The summed E-state index contributed by atoms with van der Waals surface area (Å²) in [5.41, 5.74) is -0.386. The van der Waals surface area contributed by atoms with Gasteiger partial charge < -0.3 is 14.5 Å². The Morgan fingerprint density at radius 3 is 1.83 bits per heavy atom. The Labute approximate surface area is 109 Å². The molecule has 0 aromatic carbocycles. The minimum Gasteiger partial charge on any atom is -0.444 e. The number of nitrogens with zero attached hydrogens (tertiary/aromatic N) is 2. The standard InChI is InChI=1S/C14H24N2O2/c1-14(2,3)18-13(17)16-11-5-9-6-12(16)8-10(7-11)15(9)4/h9-12H,5-8H2,1-4H3. The highest BCUT2D eigenvalue weighted by Crippen LogP contribution is 2.43. The molecule has 4 rings (SSSR count). The van der Waals surface area contributed by atoms with Gasteiger partial charge in [-0.2, -0.15) is 0 Å². The van der Waals surface area contributed by atoms with Gasteiger partial charge in [-0.3, -0.25) is 0 Å². The first-order valence-electron chi connectivity index (χ1n) is 7.08. The van der Waals surface area contributed by atoms with Gasteiger partial charge in [-0.05, 0) is 53.5 Å². The first-order valence-corrected chi connectivity index (χ1v) is 7.08. The van der Waals surface area contributed by atoms with Crippen molar-refractivity contribution in [3.63, 3.8) is 0 Å². The summed E-state index contributed by atoms with van der Waals surface area (Å²) < 4.78 is 5.56. The van der Waals surface area contributed by atoms with Crippen molar-refractivity contribution in [1.82, 2.24) is 9.80 Å². The lowest BCUT2D eigenvalue weighted by molar-refractivity contribution is -0.0960. The van der Waals surface area contributed by atoms with Crippen LogP contribution in [0.25, 0.3) is 0 Å². The van der Waals surface area contributed by atoms with E-state index in [0.717, 1.165) is 25.7 Å². The molecule has 0 unspecified atom stereocenters. The molecule has 1 amide bonds. The van der Waals surface area contributed by atoms with Crippen LogP contribution in [0.1, 0.15) is 46.5 Å². The van der Waals surface area contributed by atoms with Crippen molar-refractivity contribution in [3.05, 3.63) is 0 Å². The third-order valence-corrected chi connectivity index (χ3v) is 4.72. The molecule has 0 atom stereocenters. The number of carbonyl (C=O) groups excluding carboxylic acids is 1. The highest BCUT2D eigenvalue weighted by atomic mass is 16.6. The van der Waals surface area contributed by atoms with Crippen molar-refractivity contribution < 1.29 is 9.53 Å². The molecule has 0 spiro atoms. The Morgan fingerprint density at radius 2 is 1.44 bits per heavy atom. The Morgan fingerprint density at radius 1 is 1.00 bits per heavy atom. The molecule has 0 aromatic rings. The number of hydrogen-bond acceptors (Lipinski definition) is 3. The molecular weight excluding hydrogens is 228 g/mol. The van der Waals surface area contributed by atoms with Crippen molar-refractivity contribution in [2.45, 2.75) is 76.2 Å². The van der Waals surface area contributed by atoms with Gasteiger partial charge in [-0.15, -0.1) is 0 Å². The van der Waals surface area contributed by atoms with Crippen LogP contribution >= 0.6 is 0 Å². The minimum absolute atomic E-state index is 0.0982. The van der Waals surface area contributed by atoms with Crippen molar-refractivity contribution in [2.75, 3.05) is 7.05 Å². The molecular formula is C14H24N2O2. The van der Waals surface area contributed by atoms with E-state index in [-0.39, 0.29) is 11.7 Å². The van der Waals surface area contributed by atoms with Gasteiger partial charge >= 0.3 is 6.09 Å². The van der Waals surface area contributed by atoms with E-state index in [4.69, 9.17) is 4.74 Å². The fourth-order valence-corrected chi connectivity index (χ4v) is 3.97. The largest absolute Gasteiger partial charge is 0.444 e. The lowest BCUT2D eigenvalue weighted by atomic mass is 9.73. The SMILES string of the molecule is CN1C2CC3CC1CC(C2)N3C(=O)OC(C)(C)C. The maximum Gasteiger partial charge on any atom is 0.410 e. The van der Waals surface area contributed by atoms with Crippen molar-refractivity contribution in [3.8, 4) is 0 Å². The predicted molar refractivity (Wildman–Crippen MR) is 69.5 cm³/mol. The lowest BCUT2D eigenvalue weighted by Crippen LogP contribution is -2.69. The molecule has 4 bridgehead atoms. The van der Waals surface area contributed by atoms with Crippen LogP contribution < -0.4 is 0 Å². The summed E-state index contributed by atoms with van der Waals surface area (Å²) in [6, 6.07) is 2.20. The number of hydrogen-bond donors (Lipinski definition) is 0. The Balaban J connectivity index is 1.74. The predicted octanol–water partition coefficient (Wildman–Crippen LogP) is 2.23. The molecule has 4 nitrogen and oxygen atoms in total. The van der Waals surface area contributed by atoms with Crippen LogP contribution in [-0.4, -0.2) is 52.7 Å². The van der Waals surface area contributed by atoms with Gasteiger partial charge in [0.2, 0.25) is 0 Å². The summed E-state index contributed by atoms with van der Waals surface area (Å²) in [5.74, 6) is 0. The molecule has 0 aromatic heterocycles. The first kappa shape index (κ1) is 12.3. The smallest absolute Gasteiger partial charge is 0.410 e. The molecule has 4 aliphatic heterocycles. The number of carbonyl (C=O) groups is 1. The maximum absolute atomic E-state index is 12.3. The van der Waals surface area contributed by atoms with Gasteiger partial charge in [0, 0.05) is 24.2 Å². The van der Waals surface area contributed by atoms with Crippen molar-refractivity contribution in [2.24, 2.45) is 0 Å². The molecule has 0 saturated carbocycles. The van der Waals surface area contributed by atoms with E-state index in [1.165, 1.54) is 0 Å². The second-order valence-electron chi connectivity index (χ2n) is 7.11. The van der Waals surface area contributed by atoms with Gasteiger partial charge in [0.15, 0.2) is 0 Å². The normalized spacial score (nSPS) is 39.2. The molecule has 0 aliphatic carbocycles. The van der Waals surface area contributed by atoms with Crippen LogP contribution in [0.5, 0.6) is 0 Å². The van der Waals surface area contributed by atoms with Crippen molar-refractivity contribution in [1.29, 1.82) is 0 Å².